The highest BCUT2D eigenvalue weighted by molar-refractivity contribution is 5.79. The Kier molecular flexibility index (Phi) is 4.24. The van der Waals surface area contributed by atoms with E-state index in [9.17, 15) is 9.90 Å². The van der Waals surface area contributed by atoms with E-state index in [2.05, 4.69) is 0 Å². The van der Waals surface area contributed by atoms with E-state index in [1.165, 1.54) is 0 Å². The number of carboxylic acids is 1. The summed E-state index contributed by atoms with van der Waals surface area (Å²) >= 11 is 0. The average molecular weight is 266 g/mol. The summed E-state index contributed by atoms with van der Waals surface area (Å²) in [6.45, 7) is 0.670. The minimum atomic E-state index is -0.869. The number of carboxylic acid groups (broad SMARTS) is 1. The van der Waals surface area contributed by atoms with Gasteiger partial charge in [0.25, 0.3) is 0 Å². The van der Waals surface area contributed by atoms with Gasteiger partial charge in [-0.05, 0) is 24.3 Å². The fourth-order valence-corrected chi connectivity index (χ4v) is 2.32. The lowest BCUT2D eigenvalue weighted by Gasteiger charge is -2.23. The number of hydrogen-bond donors (Lipinski definition) is 3. The SMILES string of the molecule is Nc1ccc(N2CC(OCCO)CC2C(=O)O)cc1. The van der Waals surface area contributed by atoms with E-state index in [-0.39, 0.29) is 19.3 Å². The molecule has 1 heterocycles. The number of anilines is 2. The number of benzene rings is 1. The first kappa shape index (κ1) is 13.6. The Balaban J connectivity index is 2.12. The molecule has 1 saturated heterocycles. The van der Waals surface area contributed by atoms with Gasteiger partial charge < -0.3 is 25.6 Å². The molecule has 2 atom stereocenters. The van der Waals surface area contributed by atoms with Crippen molar-refractivity contribution in [2.75, 3.05) is 30.4 Å². The monoisotopic (exact) mass is 266 g/mol. The first-order chi connectivity index (χ1) is 9.11. The van der Waals surface area contributed by atoms with Gasteiger partial charge in [-0.15, -0.1) is 0 Å². The molecule has 2 rings (SSSR count). The number of aliphatic hydroxyl groups is 1. The van der Waals surface area contributed by atoms with Crippen LogP contribution in [-0.4, -0.2) is 48.1 Å². The van der Waals surface area contributed by atoms with Gasteiger partial charge in [0.15, 0.2) is 0 Å². The van der Waals surface area contributed by atoms with Crippen molar-refractivity contribution in [3.05, 3.63) is 24.3 Å². The maximum Gasteiger partial charge on any atom is 0.326 e. The third-order valence-electron chi connectivity index (χ3n) is 3.22. The molecule has 0 saturated carbocycles. The molecule has 6 nitrogen and oxygen atoms in total. The zero-order valence-electron chi connectivity index (χ0n) is 10.5. The summed E-state index contributed by atoms with van der Waals surface area (Å²) in [7, 11) is 0. The van der Waals surface area contributed by atoms with Crippen LogP contribution in [0.2, 0.25) is 0 Å². The van der Waals surface area contributed by atoms with Crippen LogP contribution in [-0.2, 0) is 9.53 Å². The highest BCUT2D eigenvalue weighted by atomic mass is 16.5. The van der Waals surface area contributed by atoms with Crippen LogP contribution < -0.4 is 10.6 Å². The second-order valence-electron chi connectivity index (χ2n) is 4.55. The van der Waals surface area contributed by atoms with Crippen molar-refractivity contribution in [3.8, 4) is 0 Å². The third kappa shape index (κ3) is 3.15. The van der Waals surface area contributed by atoms with Crippen molar-refractivity contribution in [1.82, 2.24) is 0 Å². The maximum atomic E-state index is 11.3. The number of nitrogens with zero attached hydrogens (tertiary/aromatic N) is 1. The molecule has 0 amide bonds. The summed E-state index contributed by atoms with van der Waals surface area (Å²) in [5.41, 5.74) is 7.08. The van der Waals surface area contributed by atoms with Crippen LogP contribution in [0, 0.1) is 0 Å². The van der Waals surface area contributed by atoms with Crippen molar-refractivity contribution in [1.29, 1.82) is 0 Å². The van der Waals surface area contributed by atoms with Crippen LogP contribution in [0.15, 0.2) is 24.3 Å². The minimum absolute atomic E-state index is 0.0594. The summed E-state index contributed by atoms with van der Waals surface area (Å²) < 4.78 is 5.43. The molecule has 19 heavy (non-hydrogen) atoms. The lowest BCUT2D eigenvalue weighted by atomic mass is 10.2. The Morgan fingerprint density at radius 3 is 2.68 bits per heavy atom. The average Bonchev–Trinajstić information content (AvgIpc) is 2.81. The summed E-state index contributed by atoms with van der Waals surface area (Å²) in [6.07, 6.45) is 0.241. The van der Waals surface area contributed by atoms with E-state index in [0.29, 0.717) is 18.7 Å². The van der Waals surface area contributed by atoms with Gasteiger partial charge in [0, 0.05) is 24.3 Å². The molecule has 1 aromatic carbocycles. The van der Waals surface area contributed by atoms with Gasteiger partial charge in [-0.25, -0.2) is 4.79 Å². The molecule has 104 valence electrons. The fraction of sp³-hybridized carbons (Fsp3) is 0.462. The molecular formula is C13H18N2O4. The Bertz CT molecular complexity index is 435. The lowest BCUT2D eigenvalue weighted by Crippen LogP contribution is -2.35. The van der Waals surface area contributed by atoms with Gasteiger partial charge in [-0.2, -0.15) is 0 Å². The van der Waals surface area contributed by atoms with E-state index in [4.69, 9.17) is 15.6 Å². The quantitative estimate of drug-likeness (QED) is 0.664. The number of rotatable bonds is 5. The molecule has 0 aliphatic carbocycles. The summed E-state index contributed by atoms with van der Waals surface area (Å²) in [5, 5.41) is 18.0. The van der Waals surface area contributed by atoms with Gasteiger partial charge in [-0.1, -0.05) is 0 Å². The zero-order valence-corrected chi connectivity index (χ0v) is 10.5. The molecule has 0 bridgehead atoms. The number of aliphatic carboxylic acids is 1. The Hall–Kier alpha value is -1.79. The van der Waals surface area contributed by atoms with Crippen molar-refractivity contribution < 1.29 is 19.7 Å². The number of nitrogens with two attached hydrogens (primary N) is 1. The Morgan fingerprint density at radius 1 is 1.42 bits per heavy atom. The Morgan fingerprint density at radius 2 is 2.11 bits per heavy atom. The van der Waals surface area contributed by atoms with Crippen LogP contribution in [0.4, 0.5) is 11.4 Å². The predicted octanol–water partition coefficient (Wildman–Crippen LogP) is 0.310. The normalized spacial score (nSPS) is 22.7. The molecule has 4 N–H and O–H groups in total. The van der Waals surface area contributed by atoms with Crippen molar-refractivity contribution >= 4 is 17.3 Å². The maximum absolute atomic E-state index is 11.3. The summed E-state index contributed by atoms with van der Waals surface area (Å²) in [6, 6.07) is 6.50. The first-order valence-electron chi connectivity index (χ1n) is 6.19. The van der Waals surface area contributed by atoms with Gasteiger partial charge in [0.1, 0.15) is 6.04 Å². The molecule has 1 aliphatic heterocycles. The molecular weight excluding hydrogens is 248 g/mol. The van der Waals surface area contributed by atoms with Crippen molar-refractivity contribution in [3.63, 3.8) is 0 Å². The largest absolute Gasteiger partial charge is 0.480 e. The zero-order chi connectivity index (χ0) is 13.8. The number of hydrogen-bond acceptors (Lipinski definition) is 5. The molecule has 0 spiro atoms. The lowest BCUT2D eigenvalue weighted by molar-refractivity contribution is -0.138. The number of carbonyl (C=O) groups is 1. The van der Waals surface area contributed by atoms with E-state index >= 15 is 0 Å². The fourth-order valence-electron chi connectivity index (χ4n) is 2.32. The van der Waals surface area contributed by atoms with Gasteiger partial charge in [-0.3, -0.25) is 0 Å². The summed E-state index contributed by atoms with van der Waals surface area (Å²) in [5.74, 6) is -0.869. The highest BCUT2D eigenvalue weighted by Crippen LogP contribution is 2.28. The smallest absolute Gasteiger partial charge is 0.326 e. The number of aliphatic hydroxyl groups excluding tert-OH is 1. The van der Waals surface area contributed by atoms with Gasteiger partial charge in [0.2, 0.25) is 0 Å². The minimum Gasteiger partial charge on any atom is -0.480 e. The van der Waals surface area contributed by atoms with Crippen molar-refractivity contribution in [2.45, 2.75) is 18.6 Å². The van der Waals surface area contributed by atoms with Crippen LogP contribution >= 0.6 is 0 Å². The third-order valence-corrected chi connectivity index (χ3v) is 3.22. The van der Waals surface area contributed by atoms with Crippen LogP contribution in [0.5, 0.6) is 0 Å². The first-order valence-corrected chi connectivity index (χ1v) is 6.19. The summed E-state index contributed by atoms with van der Waals surface area (Å²) in [4.78, 5) is 13.1. The molecule has 1 aromatic rings. The topological polar surface area (TPSA) is 96.0 Å². The molecule has 0 radical (unpaired) electrons. The molecule has 2 unspecified atom stereocenters. The van der Waals surface area contributed by atoms with E-state index in [0.717, 1.165) is 5.69 Å². The standard InChI is InChI=1S/C13H18N2O4/c14-9-1-3-10(4-2-9)15-8-11(19-6-5-16)7-12(15)13(17)18/h1-4,11-12,16H,5-8,14H2,(H,17,18). The number of nitrogen functional groups attached to an aromatic ring is 1. The second kappa shape index (κ2) is 5.90. The van der Waals surface area contributed by atoms with Crippen LogP contribution in [0.3, 0.4) is 0 Å². The van der Waals surface area contributed by atoms with Gasteiger partial charge >= 0.3 is 5.97 Å². The van der Waals surface area contributed by atoms with E-state index in [1.54, 1.807) is 29.2 Å². The van der Waals surface area contributed by atoms with Crippen LogP contribution in [0.1, 0.15) is 6.42 Å². The highest BCUT2D eigenvalue weighted by Gasteiger charge is 2.37. The Labute approximate surface area is 111 Å². The molecule has 1 aliphatic rings. The second-order valence-corrected chi connectivity index (χ2v) is 4.55. The van der Waals surface area contributed by atoms with Gasteiger partial charge in [0.05, 0.1) is 19.3 Å². The van der Waals surface area contributed by atoms with E-state index < -0.39 is 12.0 Å². The van der Waals surface area contributed by atoms with Crippen molar-refractivity contribution in [2.24, 2.45) is 0 Å². The number of ether oxygens (including phenoxy) is 1. The van der Waals surface area contributed by atoms with Crippen LogP contribution in [0.25, 0.3) is 0 Å². The molecule has 0 aromatic heterocycles. The molecule has 1 fully saturated rings. The molecule has 6 heteroatoms. The van der Waals surface area contributed by atoms with E-state index in [1.807, 2.05) is 0 Å². The predicted molar refractivity (Wildman–Crippen MR) is 71.1 cm³/mol.